The number of ketones is 1. The fourth-order valence-electron chi connectivity index (χ4n) is 1.58. The summed E-state index contributed by atoms with van der Waals surface area (Å²) in [4.78, 5) is 11.2. The Balaban J connectivity index is 4.13. The van der Waals surface area contributed by atoms with Crippen molar-refractivity contribution in [3.63, 3.8) is 0 Å². The third kappa shape index (κ3) is 3.04. The number of carbonyl (C=O) groups is 1. The summed E-state index contributed by atoms with van der Waals surface area (Å²) in [7, 11) is 0. The maximum Gasteiger partial charge on any atom is 0.135 e. The van der Waals surface area contributed by atoms with Gasteiger partial charge in [0.15, 0.2) is 0 Å². The molecule has 0 bridgehead atoms. The molecular formula is C10H20O. The van der Waals surface area contributed by atoms with Gasteiger partial charge in [0, 0.05) is 5.41 Å². The molecule has 0 fully saturated rings. The Kier molecular flexibility index (Phi) is 4.39. The van der Waals surface area contributed by atoms with Gasteiger partial charge in [-0.25, -0.2) is 0 Å². The van der Waals surface area contributed by atoms with E-state index in [-0.39, 0.29) is 5.41 Å². The predicted octanol–water partition coefficient (Wildman–Crippen LogP) is 3.18. The zero-order chi connectivity index (χ0) is 8.91. The van der Waals surface area contributed by atoms with E-state index < -0.39 is 0 Å². The van der Waals surface area contributed by atoms with Crippen molar-refractivity contribution >= 4 is 5.78 Å². The van der Waals surface area contributed by atoms with E-state index in [1.54, 1.807) is 6.92 Å². The van der Waals surface area contributed by atoms with Crippen molar-refractivity contribution in [3.8, 4) is 0 Å². The normalized spacial score (nSPS) is 11.6. The van der Waals surface area contributed by atoms with Gasteiger partial charge in [-0.05, 0) is 19.8 Å². The van der Waals surface area contributed by atoms with E-state index in [1.165, 1.54) is 0 Å². The van der Waals surface area contributed by atoms with Crippen LogP contribution in [0.3, 0.4) is 0 Å². The molecule has 0 aromatic heterocycles. The van der Waals surface area contributed by atoms with Gasteiger partial charge in [0.05, 0.1) is 0 Å². The van der Waals surface area contributed by atoms with E-state index in [2.05, 4.69) is 20.8 Å². The Morgan fingerprint density at radius 1 is 1.18 bits per heavy atom. The summed E-state index contributed by atoms with van der Waals surface area (Å²) in [5.41, 5.74) is -0.0382. The molecule has 0 unspecified atom stereocenters. The highest BCUT2D eigenvalue weighted by Crippen LogP contribution is 2.29. The first-order valence-corrected chi connectivity index (χ1v) is 4.58. The Labute approximate surface area is 70.2 Å². The summed E-state index contributed by atoms with van der Waals surface area (Å²) in [6.07, 6.45) is 4.29. The van der Waals surface area contributed by atoms with Gasteiger partial charge in [0.25, 0.3) is 0 Å². The van der Waals surface area contributed by atoms with Gasteiger partial charge in [0.2, 0.25) is 0 Å². The Morgan fingerprint density at radius 3 is 1.73 bits per heavy atom. The Hall–Kier alpha value is -0.330. The van der Waals surface area contributed by atoms with Crippen LogP contribution in [0.1, 0.15) is 53.4 Å². The zero-order valence-electron chi connectivity index (χ0n) is 8.24. The molecule has 0 saturated heterocycles. The number of rotatable bonds is 5. The fraction of sp³-hybridized carbons (Fsp3) is 0.900. The maximum atomic E-state index is 11.2. The van der Waals surface area contributed by atoms with Crippen LogP contribution in [0, 0.1) is 5.41 Å². The molecule has 0 aliphatic rings. The molecule has 0 heterocycles. The third-order valence-electron chi connectivity index (χ3n) is 2.45. The lowest BCUT2D eigenvalue weighted by molar-refractivity contribution is -0.126. The second kappa shape index (κ2) is 4.53. The lowest BCUT2D eigenvalue weighted by Gasteiger charge is -2.25. The van der Waals surface area contributed by atoms with Crippen LogP contribution in [-0.2, 0) is 4.79 Å². The van der Waals surface area contributed by atoms with Crippen LogP contribution in [0.4, 0.5) is 0 Å². The summed E-state index contributed by atoms with van der Waals surface area (Å²) in [6, 6.07) is 0. The lowest BCUT2D eigenvalue weighted by atomic mass is 9.78. The first-order valence-electron chi connectivity index (χ1n) is 4.58. The average molecular weight is 156 g/mol. The Bertz CT molecular complexity index is 121. The van der Waals surface area contributed by atoms with Crippen molar-refractivity contribution in [1.82, 2.24) is 0 Å². The molecule has 0 aliphatic carbocycles. The van der Waals surface area contributed by atoms with Crippen LogP contribution in [0.5, 0.6) is 0 Å². The van der Waals surface area contributed by atoms with E-state index in [9.17, 15) is 4.79 Å². The maximum absolute atomic E-state index is 11.2. The molecule has 66 valence electrons. The molecule has 0 rings (SSSR count). The van der Waals surface area contributed by atoms with Gasteiger partial charge in [-0.3, -0.25) is 4.79 Å². The molecule has 11 heavy (non-hydrogen) atoms. The van der Waals surface area contributed by atoms with Gasteiger partial charge in [0.1, 0.15) is 5.78 Å². The van der Waals surface area contributed by atoms with Crippen LogP contribution < -0.4 is 0 Å². The quantitative estimate of drug-likeness (QED) is 0.597. The van der Waals surface area contributed by atoms with Crippen molar-refractivity contribution in [2.24, 2.45) is 5.41 Å². The second-order valence-corrected chi connectivity index (χ2v) is 3.62. The first kappa shape index (κ1) is 10.7. The van der Waals surface area contributed by atoms with Crippen molar-refractivity contribution in [2.45, 2.75) is 53.4 Å². The fourth-order valence-corrected chi connectivity index (χ4v) is 1.58. The highest BCUT2D eigenvalue weighted by Gasteiger charge is 2.26. The molecule has 0 aromatic rings. The van der Waals surface area contributed by atoms with Crippen LogP contribution in [0.2, 0.25) is 0 Å². The van der Waals surface area contributed by atoms with E-state index in [0.29, 0.717) is 5.78 Å². The largest absolute Gasteiger partial charge is 0.299 e. The highest BCUT2D eigenvalue weighted by atomic mass is 16.1. The van der Waals surface area contributed by atoms with Gasteiger partial charge in [-0.15, -0.1) is 0 Å². The van der Waals surface area contributed by atoms with E-state index in [1.807, 2.05) is 0 Å². The summed E-state index contributed by atoms with van der Waals surface area (Å²) in [6.45, 7) is 8.07. The molecule has 0 spiro atoms. The predicted molar refractivity (Wildman–Crippen MR) is 48.6 cm³/mol. The zero-order valence-corrected chi connectivity index (χ0v) is 8.24. The van der Waals surface area contributed by atoms with Crippen LogP contribution >= 0.6 is 0 Å². The molecule has 0 amide bonds. The van der Waals surface area contributed by atoms with Gasteiger partial charge < -0.3 is 0 Å². The molecule has 0 aromatic carbocycles. The summed E-state index contributed by atoms with van der Waals surface area (Å²) < 4.78 is 0. The SMILES string of the molecule is CCCC(C)(CCC)C(C)=O. The van der Waals surface area contributed by atoms with Gasteiger partial charge >= 0.3 is 0 Å². The number of hydrogen-bond acceptors (Lipinski definition) is 1. The van der Waals surface area contributed by atoms with Gasteiger partial charge in [-0.2, -0.15) is 0 Å². The first-order chi connectivity index (χ1) is 5.06. The number of Topliss-reactive ketones (excluding diaryl/α,β-unsaturated/α-hetero) is 1. The molecule has 0 radical (unpaired) electrons. The van der Waals surface area contributed by atoms with Crippen molar-refractivity contribution in [3.05, 3.63) is 0 Å². The Morgan fingerprint density at radius 2 is 1.55 bits per heavy atom. The summed E-state index contributed by atoms with van der Waals surface area (Å²) in [5, 5.41) is 0. The van der Waals surface area contributed by atoms with E-state index in [0.717, 1.165) is 25.7 Å². The molecule has 0 atom stereocenters. The van der Waals surface area contributed by atoms with Crippen molar-refractivity contribution < 1.29 is 4.79 Å². The molecular weight excluding hydrogens is 136 g/mol. The molecule has 0 saturated carbocycles. The smallest absolute Gasteiger partial charge is 0.135 e. The number of hydrogen-bond donors (Lipinski definition) is 0. The highest BCUT2D eigenvalue weighted by molar-refractivity contribution is 5.81. The summed E-state index contributed by atoms with van der Waals surface area (Å²) >= 11 is 0. The van der Waals surface area contributed by atoms with Crippen LogP contribution in [0.25, 0.3) is 0 Å². The minimum absolute atomic E-state index is 0.0382. The van der Waals surface area contributed by atoms with Crippen LogP contribution in [0.15, 0.2) is 0 Å². The molecule has 1 nitrogen and oxygen atoms in total. The van der Waals surface area contributed by atoms with Crippen molar-refractivity contribution in [1.29, 1.82) is 0 Å². The third-order valence-corrected chi connectivity index (χ3v) is 2.45. The molecule has 0 aliphatic heterocycles. The van der Waals surface area contributed by atoms with E-state index in [4.69, 9.17) is 0 Å². The molecule has 1 heteroatoms. The lowest BCUT2D eigenvalue weighted by Crippen LogP contribution is -2.24. The minimum Gasteiger partial charge on any atom is -0.299 e. The molecule has 0 N–H and O–H groups in total. The average Bonchev–Trinajstić information content (AvgIpc) is 1.88. The summed E-state index contributed by atoms with van der Waals surface area (Å²) in [5.74, 6) is 0.348. The number of carbonyl (C=O) groups excluding carboxylic acids is 1. The van der Waals surface area contributed by atoms with E-state index >= 15 is 0 Å². The van der Waals surface area contributed by atoms with Gasteiger partial charge in [-0.1, -0.05) is 33.6 Å². The minimum atomic E-state index is -0.0382. The standard InChI is InChI=1S/C10H20O/c1-5-7-10(4,8-6-2)9(3)11/h5-8H2,1-4H3. The van der Waals surface area contributed by atoms with Crippen molar-refractivity contribution in [2.75, 3.05) is 0 Å². The topological polar surface area (TPSA) is 17.1 Å². The monoisotopic (exact) mass is 156 g/mol. The second-order valence-electron chi connectivity index (χ2n) is 3.62. The van der Waals surface area contributed by atoms with Crippen LogP contribution in [-0.4, -0.2) is 5.78 Å².